The van der Waals surface area contributed by atoms with Crippen LogP contribution in [-0.4, -0.2) is 56.3 Å². The smallest absolute Gasteiger partial charge is 0.305 e. The van der Waals surface area contributed by atoms with E-state index in [1.165, 1.54) is 45.6 Å². The van der Waals surface area contributed by atoms with E-state index in [0.717, 1.165) is 12.8 Å². The summed E-state index contributed by atoms with van der Waals surface area (Å²) in [5.74, 6) is 3.58. The summed E-state index contributed by atoms with van der Waals surface area (Å²) in [5, 5.41) is 0. The van der Waals surface area contributed by atoms with Crippen LogP contribution in [0.25, 0.3) is 0 Å². The summed E-state index contributed by atoms with van der Waals surface area (Å²) in [6.45, 7) is 29.0. The molecule has 8 heteroatoms. The number of ether oxygens (including phenoxy) is 1. The van der Waals surface area contributed by atoms with Gasteiger partial charge >= 0.3 is 5.97 Å². The topological polar surface area (TPSA) is 54.0 Å². The van der Waals surface area contributed by atoms with Gasteiger partial charge in [-0.05, 0) is 157 Å². The molecular formula is C34H66O5Si3. The number of fused-ring (bicyclic) bond motifs is 5. The molecule has 0 aliphatic heterocycles. The van der Waals surface area contributed by atoms with Gasteiger partial charge in [0.05, 0.1) is 13.2 Å². The Bertz CT molecular complexity index is 954. The quantitative estimate of drug-likeness (QED) is 0.176. The van der Waals surface area contributed by atoms with Gasteiger partial charge in [-0.2, -0.15) is 0 Å². The monoisotopic (exact) mass is 638 g/mol. The lowest BCUT2D eigenvalue weighted by Gasteiger charge is -2.65. The van der Waals surface area contributed by atoms with Crippen molar-refractivity contribution in [1.82, 2.24) is 0 Å². The first-order valence-electron chi connectivity index (χ1n) is 17.3. The number of esters is 1. The van der Waals surface area contributed by atoms with Gasteiger partial charge in [-0.15, -0.1) is 0 Å². The van der Waals surface area contributed by atoms with Crippen LogP contribution in [0.15, 0.2) is 0 Å². The van der Waals surface area contributed by atoms with Crippen LogP contribution in [0.4, 0.5) is 0 Å². The minimum atomic E-state index is -1.77. The molecular weight excluding hydrogens is 573 g/mol. The lowest BCUT2D eigenvalue weighted by Crippen LogP contribution is -2.64. The number of carbonyl (C=O) groups is 1. The van der Waals surface area contributed by atoms with Crippen molar-refractivity contribution in [3.05, 3.63) is 0 Å². The molecule has 0 amide bonds. The highest BCUT2D eigenvalue weighted by Crippen LogP contribution is 2.69. The molecule has 0 N–H and O–H groups in total. The fourth-order valence-electron chi connectivity index (χ4n) is 10.6. The molecule has 0 bridgehead atoms. The van der Waals surface area contributed by atoms with Crippen molar-refractivity contribution in [2.75, 3.05) is 7.11 Å². The van der Waals surface area contributed by atoms with Crippen LogP contribution in [0.1, 0.15) is 78.6 Å². The first-order chi connectivity index (χ1) is 19.2. The van der Waals surface area contributed by atoms with Crippen molar-refractivity contribution in [2.24, 2.45) is 46.3 Å². The van der Waals surface area contributed by atoms with Crippen molar-refractivity contribution in [1.29, 1.82) is 0 Å². The summed E-state index contributed by atoms with van der Waals surface area (Å²) in [6.07, 6.45) is 11.0. The third-order valence-corrected chi connectivity index (χ3v) is 15.0. The van der Waals surface area contributed by atoms with Crippen LogP contribution in [0.5, 0.6) is 0 Å². The molecule has 4 fully saturated rings. The van der Waals surface area contributed by atoms with E-state index >= 15 is 0 Å². The lowest BCUT2D eigenvalue weighted by molar-refractivity contribution is -0.195. The Kier molecular flexibility index (Phi) is 10.2. The third-order valence-electron chi connectivity index (χ3n) is 12.0. The maximum absolute atomic E-state index is 12.1. The molecule has 4 aliphatic carbocycles. The minimum Gasteiger partial charge on any atom is -0.469 e. The van der Waals surface area contributed by atoms with Crippen molar-refractivity contribution in [3.63, 3.8) is 0 Å². The number of hydrogen-bond donors (Lipinski definition) is 0. The largest absolute Gasteiger partial charge is 0.469 e. The predicted molar refractivity (Wildman–Crippen MR) is 181 cm³/mol. The second-order valence-corrected chi connectivity index (χ2v) is 31.6. The molecule has 0 aromatic carbocycles. The van der Waals surface area contributed by atoms with E-state index in [9.17, 15) is 4.79 Å². The lowest BCUT2D eigenvalue weighted by atomic mass is 9.43. The van der Waals surface area contributed by atoms with Gasteiger partial charge in [0.25, 0.3) is 0 Å². The third kappa shape index (κ3) is 7.35. The maximum atomic E-state index is 12.1. The summed E-state index contributed by atoms with van der Waals surface area (Å²) in [6, 6.07) is 0. The number of methoxy groups -OCH3 is 1. The van der Waals surface area contributed by atoms with E-state index in [1.54, 1.807) is 0 Å². The Morgan fingerprint density at radius 2 is 1.40 bits per heavy atom. The van der Waals surface area contributed by atoms with Crippen LogP contribution in [0.3, 0.4) is 0 Å². The van der Waals surface area contributed by atoms with E-state index in [2.05, 4.69) is 79.7 Å². The first kappa shape index (κ1) is 34.9. The molecule has 4 saturated carbocycles. The van der Waals surface area contributed by atoms with Gasteiger partial charge in [0, 0.05) is 18.6 Å². The predicted octanol–water partition coefficient (Wildman–Crippen LogP) is 9.11. The molecule has 4 rings (SSSR count). The SMILES string of the molecule is COC(=O)CC[C@@H](C)[C@H]1CCC2C3C[C@H](O[Si](C)(C)C)[C@@H]4C[C@H](O[Si](C)(C)C)CC[C@]4(C)C3C[C@H](O[Si](C)(C)C)[C@@]21C. The Morgan fingerprint density at radius 1 is 0.786 bits per heavy atom. The zero-order valence-corrected chi connectivity index (χ0v) is 32.6. The highest BCUT2D eigenvalue weighted by Gasteiger charge is 2.66. The van der Waals surface area contributed by atoms with E-state index in [4.69, 9.17) is 18.0 Å². The highest BCUT2D eigenvalue weighted by atomic mass is 28.4. The Labute approximate surface area is 262 Å². The first-order valence-corrected chi connectivity index (χ1v) is 27.5. The average molecular weight is 639 g/mol. The normalized spacial score (nSPS) is 41.5. The van der Waals surface area contributed by atoms with Crippen molar-refractivity contribution in [3.8, 4) is 0 Å². The van der Waals surface area contributed by atoms with Crippen LogP contribution >= 0.6 is 0 Å². The molecule has 0 radical (unpaired) electrons. The summed E-state index contributed by atoms with van der Waals surface area (Å²) in [5.41, 5.74) is 0.408. The van der Waals surface area contributed by atoms with Gasteiger partial charge < -0.3 is 18.0 Å². The standard InChI is InChI=1S/C34H66O5Si3/c1-23(14-17-32(35)36-4)26-15-16-27-25-21-30(38-41(8,9)10)29-20-24(37-40(5,6)7)18-19-33(29,2)28(25)22-31(34(26,27)3)39-42(11,12)13/h23-31H,14-22H2,1-13H3/t23-,24-,25?,26-,27?,28?,29+,30+,31+,33-,34-/m1/s1. The van der Waals surface area contributed by atoms with Gasteiger partial charge in [0.1, 0.15) is 0 Å². The maximum Gasteiger partial charge on any atom is 0.305 e. The molecule has 3 unspecified atom stereocenters. The Hall–Kier alpha value is 0.000649. The molecule has 0 saturated heterocycles. The Balaban J connectivity index is 1.70. The molecule has 0 aromatic rings. The van der Waals surface area contributed by atoms with Gasteiger partial charge in [-0.3, -0.25) is 4.79 Å². The van der Waals surface area contributed by atoms with E-state index < -0.39 is 25.0 Å². The molecule has 0 spiro atoms. The molecule has 244 valence electrons. The van der Waals surface area contributed by atoms with Gasteiger partial charge in [-0.1, -0.05) is 20.8 Å². The molecule has 0 heterocycles. The summed E-state index contributed by atoms with van der Waals surface area (Å²) >= 11 is 0. The number of rotatable bonds is 10. The fourth-order valence-corrected chi connectivity index (χ4v) is 14.2. The van der Waals surface area contributed by atoms with Crippen LogP contribution in [0.2, 0.25) is 58.9 Å². The number of carbonyl (C=O) groups excluding carboxylic acids is 1. The second kappa shape index (κ2) is 12.3. The summed E-state index contributed by atoms with van der Waals surface area (Å²) in [4.78, 5) is 12.1. The average Bonchev–Trinajstić information content (AvgIpc) is 3.20. The van der Waals surface area contributed by atoms with E-state index in [1.807, 2.05) is 0 Å². The molecule has 11 atom stereocenters. The second-order valence-electron chi connectivity index (χ2n) is 18.2. The van der Waals surface area contributed by atoms with Gasteiger partial charge in [0.15, 0.2) is 25.0 Å². The zero-order valence-electron chi connectivity index (χ0n) is 29.6. The van der Waals surface area contributed by atoms with Crippen molar-refractivity contribution >= 4 is 30.9 Å². The van der Waals surface area contributed by atoms with Crippen LogP contribution in [-0.2, 0) is 22.8 Å². The Morgan fingerprint density at radius 3 is 1.98 bits per heavy atom. The van der Waals surface area contributed by atoms with Crippen LogP contribution < -0.4 is 0 Å². The van der Waals surface area contributed by atoms with Crippen LogP contribution in [0, 0.1) is 46.3 Å². The molecule has 42 heavy (non-hydrogen) atoms. The summed E-state index contributed by atoms with van der Waals surface area (Å²) in [7, 11) is -3.60. The molecule has 4 aliphatic rings. The van der Waals surface area contributed by atoms with E-state index in [-0.39, 0.29) is 16.8 Å². The van der Waals surface area contributed by atoms with Gasteiger partial charge in [-0.25, -0.2) is 0 Å². The highest BCUT2D eigenvalue weighted by molar-refractivity contribution is 6.70. The number of hydrogen-bond acceptors (Lipinski definition) is 5. The van der Waals surface area contributed by atoms with E-state index in [0.29, 0.717) is 60.2 Å². The van der Waals surface area contributed by atoms with Crippen molar-refractivity contribution < 1.29 is 22.8 Å². The van der Waals surface area contributed by atoms with Crippen molar-refractivity contribution in [2.45, 2.75) is 156 Å². The molecule has 5 nitrogen and oxygen atoms in total. The zero-order chi connectivity index (χ0) is 31.5. The minimum absolute atomic E-state index is 0.0774. The fraction of sp³-hybridized carbons (Fsp3) is 0.971. The molecule has 0 aromatic heterocycles. The van der Waals surface area contributed by atoms with Gasteiger partial charge in [0.2, 0.25) is 0 Å². The summed E-state index contributed by atoms with van der Waals surface area (Å²) < 4.78 is 26.3.